The van der Waals surface area contributed by atoms with Crippen LogP contribution in [0.4, 0.5) is 0 Å². The average Bonchev–Trinajstić information content (AvgIpc) is 2.95. The van der Waals surface area contributed by atoms with Crippen molar-refractivity contribution in [2.75, 3.05) is 13.7 Å². The molecule has 1 aliphatic carbocycles. The van der Waals surface area contributed by atoms with Gasteiger partial charge in [0.05, 0.1) is 6.10 Å². The van der Waals surface area contributed by atoms with Gasteiger partial charge >= 0.3 is 5.97 Å². The number of hydrogen-bond acceptors (Lipinski definition) is 4. The van der Waals surface area contributed by atoms with E-state index in [-0.39, 0.29) is 18.3 Å². The monoisotopic (exact) mass is 368 g/mol. The highest BCUT2D eigenvalue weighted by Crippen LogP contribution is 2.34. The molecule has 150 valence electrons. The van der Waals surface area contributed by atoms with Gasteiger partial charge in [0.15, 0.2) is 0 Å². The third kappa shape index (κ3) is 10.1. The standard InChI is InChI=1S/C21H36O5/c1-26-16-8-4-5-9-18(22)14-12-17-13-15-20(23)19(17)10-6-2-3-7-11-21(24)25/h12,14,17-19,22H,2-11,13,15-16H2,1H3,(H,24,25). The Morgan fingerprint density at radius 2 is 1.92 bits per heavy atom. The topological polar surface area (TPSA) is 83.8 Å². The van der Waals surface area contributed by atoms with Crippen molar-refractivity contribution >= 4 is 11.8 Å². The Morgan fingerprint density at radius 3 is 2.65 bits per heavy atom. The van der Waals surface area contributed by atoms with Crippen LogP contribution < -0.4 is 0 Å². The van der Waals surface area contributed by atoms with E-state index in [9.17, 15) is 14.7 Å². The fraction of sp³-hybridized carbons (Fsp3) is 0.810. The van der Waals surface area contributed by atoms with E-state index in [0.717, 1.165) is 64.4 Å². The zero-order valence-electron chi connectivity index (χ0n) is 16.2. The van der Waals surface area contributed by atoms with Gasteiger partial charge in [-0.25, -0.2) is 0 Å². The summed E-state index contributed by atoms with van der Waals surface area (Å²) in [5.74, 6) is -0.0537. The Hall–Kier alpha value is -1.20. The zero-order valence-corrected chi connectivity index (χ0v) is 16.2. The number of allylic oxidation sites excluding steroid dienone is 1. The first kappa shape index (κ1) is 22.8. The predicted octanol–water partition coefficient (Wildman–Crippen LogP) is 4.13. The highest BCUT2D eigenvalue weighted by atomic mass is 16.5. The molecule has 1 aliphatic rings. The maximum absolute atomic E-state index is 12.1. The van der Waals surface area contributed by atoms with Crippen LogP contribution in [0.2, 0.25) is 0 Å². The van der Waals surface area contributed by atoms with Gasteiger partial charge in [-0.2, -0.15) is 0 Å². The number of ketones is 1. The summed E-state index contributed by atoms with van der Waals surface area (Å²) in [6.45, 7) is 0.772. The molecule has 5 nitrogen and oxygen atoms in total. The Bertz CT molecular complexity index is 432. The molecule has 0 aromatic carbocycles. The average molecular weight is 369 g/mol. The van der Waals surface area contributed by atoms with Crippen LogP contribution in [0.15, 0.2) is 12.2 Å². The van der Waals surface area contributed by atoms with Crippen LogP contribution in [0.1, 0.15) is 77.0 Å². The first-order chi connectivity index (χ1) is 12.5. The van der Waals surface area contributed by atoms with Crippen molar-refractivity contribution < 1.29 is 24.5 Å². The van der Waals surface area contributed by atoms with Crippen molar-refractivity contribution in [3.05, 3.63) is 12.2 Å². The fourth-order valence-corrected chi connectivity index (χ4v) is 3.68. The van der Waals surface area contributed by atoms with E-state index in [4.69, 9.17) is 9.84 Å². The van der Waals surface area contributed by atoms with Gasteiger partial charge in [-0.05, 0) is 38.0 Å². The third-order valence-electron chi connectivity index (χ3n) is 5.24. The molecule has 1 saturated carbocycles. The lowest BCUT2D eigenvalue weighted by Crippen LogP contribution is -2.14. The lowest BCUT2D eigenvalue weighted by atomic mass is 9.89. The summed E-state index contributed by atoms with van der Waals surface area (Å²) < 4.78 is 5.02. The van der Waals surface area contributed by atoms with E-state index >= 15 is 0 Å². The number of Topliss-reactive ketones (excluding diaryl/α,β-unsaturated/α-hetero) is 1. The van der Waals surface area contributed by atoms with Crippen LogP contribution in [0.5, 0.6) is 0 Å². The molecular formula is C21H36O5. The van der Waals surface area contributed by atoms with Gasteiger partial charge in [-0.15, -0.1) is 0 Å². The van der Waals surface area contributed by atoms with E-state index in [1.807, 2.05) is 6.08 Å². The molecule has 0 amide bonds. The summed E-state index contributed by atoms with van der Waals surface area (Å²) in [5.41, 5.74) is 0. The second-order valence-electron chi connectivity index (χ2n) is 7.42. The molecule has 0 aliphatic heterocycles. The maximum Gasteiger partial charge on any atom is 0.303 e. The largest absolute Gasteiger partial charge is 0.481 e. The number of carbonyl (C=O) groups excluding carboxylic acids is 1. The predicted molar refractivity (Wildman–Crippen MR) is 102 cm³/mol. The number of carboxylic acid groups (broad SMARTS) is 1. The number of carbonyl (C=O) groups is 2. The van der Waals surface area contributed by atoms with Gasteiger partial charge < -0.3 is 14.9 Å². The SMILES string of the molecule is COCCCCCC(O)C=CC1CCC(=O)C1CCCCCCC(=O)O. The summed E-state index contributed by atoms with van der Waals surface area (Å²) >= 11 is 0. The first-order valence-corrected chi connectivity index (χ1v) is 10.1. The molecule has 3 unspecified atom stereocenters. The molecule has 0 aromatic rings. The summed E-state index contributed by atoms with van der Waals surface area (Å²) in [4.78, 5) is 22.6. The van der Waals surface area contributed by atoms with Crippen LogP contribution in [0.3, 0.4) is 0 Å². The minimum absolute atomic E-state index is 0.0830. The van der Waals surface area contributed by atoms with Gasteiger partial charge in [0.1, 0.15) is 5.78 Å². The quantitative estimate of drug-likeness (QED) is 0.335. The molecule has 0 spiro atoms. The van der Waals surface area contributed by atoms with Crippen LogP contribution in [0.25, 0.3) is 0 Å². The normalized spacial score (nSPS) is 21.5. The van der Waals surface area contributed by atoms with Gasteiger partial charge in [0, 0.05) is 32.5 Å². The molecule has 0 radical (unpaired) electrons. The van der Waals surface area contributed by atoms with Crippen LogP contribution in [-0.4, -0.2) is 41.8 Å². The third-order valence-corrected chi connectivity index (χ3v) is 5.24. The van der Waals surface area contributed by atoms with Gasteiger partial charge in [-0.3, -0.25) is 9.59 Å². The molecule has 2 N–H and O–H groups in total. The lowest BCUT2D eigenvalue weighted by molar-refractivity contribution is -0.137. The molecular weight excluding hydrogens is 332 g/mol. The molecule has 3 atom stereocenters. The van der Waals surface area contributed by atoms with Gasteiger partial charge in [0.2, 0.25) is 0 Å². The number of methoxy groups -OCH3 is 1. The molecule has 0 saturated heterocycles. The van der Waals surface area contributed by atoms with Crippen molar-refractivity contribution in [3.8, 4) is 0 Å². The number of hydrogen-bond donors (Lipinski definition) is 2. The smallest absolute Gasteiger partial charge is 0.303 e. The Morgan fingerprint density at radius 1 is 1.19 bits per heavy atom. The van der Waals surface area contributed by atoms with E-state index < -0.39 is 12.1 Å². The van der Waals surface area contributed by atoms with Gasteiger partial charge in [0.25, 0.3) is 0 Å². The zero-order chi connectivity index (χ0) is 19.2. The number of unbranched alkanes of at least 4 members (excludes halogenated alkanes) is 5. The van der Waals surface area contributed by atoms with Crippen molar-refractivity contribution in [2.45, 2.75) is 83.2 Å². The summed E-state index contributed by atoms with van der Waals surface area (Å²) in [7, 11) is 1.70. The number of rotatable bonds is 15. The van der Waals surface area contributed by atoms with Crippen LogP contribution in [0, 0.1) is 11.8 Å². The molecule has 0 heterocycles. The summed E-state index contributed by atoms with van der Waals surface area (Å²) in [6, 6.07) is 0. The number of aliphatic carboxylic acids is 1. The van der Waals surface area contributed by atoms with Crippen LogP contribution in [-0.2, 0) is 14.3 Å². The molecule has 26 heavy (non-hydrogen) atoms. The Kier molecular flexibility index (Phi) is 12.2. The molecule has 0 bridgehead atoms. The molecule has 5 heteroatoms. The van der Waals surface area contributed by atoms with Crippen molar-refractivity contribution in [2.24, 2.45) is 11.8 Å². The highest BCUT2D eigenvalue weighted by molar-refractivity contribution is 5.83. The van der Waals surface area contributed by atoms with Gasteiger partial charge in [-0.1, -0.05) is 44.3 Å². The minimum atomic E-state index is -0.738. The first-order valence-electron chi connectivity index (χ1n) is 10.1. The van der Waals surface area contributed by atoms with Crippen LogP contribution >= 0.6 is 0 Å². The van der Waals surface area contributed by atoms with E-state index in [2.05, 4.69) is 6.08 Å². The molecule has 0 aromatic heterocycles. The second-order valence-corrected chi connectivity index (χ2v) is 7.42. The fourth-order valence-electron chi connectivity index (χ4n) is 3.68. The Labute approximate surface area is 157 Å². The minimum Gasteiger partial charge on any atom is -0.481 e. The van der Waals surface area contributed by atoms with Crippen molar-refractivity contribution in [1.29, 1.82) is 0 Å². The number of carboxylic acids is 1. The Balaban J connectivity index is 2.24. The number of ether oxygens (including phenoxy) is 1. The summed E-state index contributed by atoms with van der Waals surface area (Å²) in [5, 5.41) is 18.7. The maximum atomic E-state index is 12.1. The summed E-state index contributed by atoms with van der Waals surface area (Å²) in [6.07, 6.45) is 13.6. The van der Waals surface area contributed by atoms with Crippen molar-refractivity contribution in [1.82, 2.24) is 0 Å². The lowest BCUT2D eigenvalue weighted by Gasteiger charge is -2.15. The number of aliphatic hydroxyl groups is 1. The number of aliphatic hydroxyl groups excluding tert-OH is 1. The molecule has 1 rings (SSSR count). The highest BCUT2D eigenvalue weighted by Gasteiger charge is 2.32. The van der Waals surface area contributed by atoms with E-state index in [1.54, 1.807) is 7.11 Å². The van der Waals surface area contributed by atoms with E-state index in [1.165, 1.54) is 0 Å². The van der Waals surface area contributed by atoms with Crippen molar-refractivity contribution in [3.63, 3.8) is 0 Å². The second kappa shape index (κ2) is 13.9. The van der Waals surface area contributed by atoms with E-state index in [0.29, 0.717) is 18.6 Å². The molecule has 1 fully saturated rings.